The number of pyridine rings is 4. The minimum absolute atomic E-state index is 0.504. The zero-order valence-electron chi connectivity index (χ0n) is 52.0. The van der Waals surface area contributed by atoms with Gasteiger partial charge in [-0.15, -0.1) is 0 Å². The van der Waals surface area contributed by atoms with Crippen molar-refractivity contribution in [1.82, 2.24) is 51.9 Å². The summed E-state index contributed by atoms with van der Waals surface area (Å²) in [7, 11) is 10.5. The Kier molecular flexibility index (Phi) is 9.95. The molecule has 16 heterocycles. The number of para-hydroxylation sites is 1. The lowest BCUT2D eigenvalue weighted by atomic mass is 10.1. The van der Waals surface area contributed by atoms with Crippen LogP contribution >= 0.6 is 0 Å². The van der Waals surface area contributed by atoms with Gasteiger partial charge in [0.1, 0.15) is 12.2 Å². The van der Waals surface area contributed by atoms with Crippen LogP contribution < -0.4 is 18.3 Å². The van der Waals surface area contributed by atoms with Crippen LogP contribution in [0.25, 0.3) is 140 Å². The molecular formula is C72H59N15O+4. The topological polar surface area (TPSA) is 115 Å². The minimum atomic E-state index is -2.29. The SMILES string of the molecule is Cn1c2[n+](c3c1c1cccnc1n3-c1ccccc1)Cc1ccccc1-2.Cn1c2[n+](c3c1c1cccnc1n3C)Cc1ccccc1-2.Cn1c2[n+](c3oc4ncccc4c31)Cc1ccccc1-2.[2H]C([2H])([2H])n1c2ncccc2c2c1[n+]1c(n2C)-c2ccccc2C1. The third kappa shape index (κ3) is 6.78. The quantitative estimate of drug-likeness (QED) is 0.152. The monoisotopic (exact) mass is 1150 g/mol. The molecule has 5 aromatic carbocycles. The molecule has 17 aromatic rings. The van der Waals surface area contributed by atoms with Crippen molar-refractivity contribution in [2.24, 2.45) is 42.2 Å². The van der Waals surface area contributed by atoms with Gasteiger partial charge in [-0.05, 0) is 84.9 Å². The molecule has 88 heavy (non-hydrogen) atoms. The van der Waals surface area contributed by atoms with Gasteiger partial charge in [-0.3, -0.25) is 13.7 Å². The number of furan rings is 1. The van der Waals surface area contributed by atoms with Crippen LogP contribution in [-0.2, 0) is 68.4 Å². The van der Waals surface area contributed by atoms with Gasteiger partial charge in [0.2, 0.25) is 45.6 Å². The van der Waals surface area contributed by atoms with Crippen LogP contribution in [0.2, 0.25) is 0 Å². The molecule has 0 atom stereocenters. The zero-order chi connectivity index (χ0) is 61.3. The van der Waals surface area contributed by atoms with E-state index in [9.17, 15) is 0 Å². The summed E-state index contributed by atoms with van der Waals surface area (Å²) >= 11 is 0. The van der Waals surface area contributed by atoms with E-state index >= 15 is 0 Å². The molecule has 4 aliphatic heterocycles. The second-order valence-corrected chi connectivity index (χ2v) is 23.3. The number of benzene rings is 5. The third-order valence-electron chi connectivity index (χ3n) is 18.7. The molecular weight excluding hydrogens is 1090 g/mol. The van der Waals surface area contributed by atoms with Crippen molar-refractivity contribution in [3.8, 4) is 51.2 Å². The van der Waals surface area contributed by atoms with Gasteiger partial charge >= 0.3 is 5.71 Å². The Morgan fingerprint density at radius 1 is 0.352 bits per heavy atom. The average molecular weight is 1150 g/mol. The number of aromatic nitrogens is 15. The van der Waals surface area contributed by atoms with Crippen LogP contribution in [0.15, 0.2) is 205 Å². The molecule has 0 bridgehead atoms. The minimum Gasteiger partial charge on any atom is -0.400 e. The maximum atomic E-state index is 8.02. The van der Waals surface area contributed by atoms with Crippen LogP contribution in [0, 0.1) is 0 Å². The summed E-state index contributed by atoms with van der Waals surface area (Å²) in [5, 5.41) is 4.35. The summed E-state index contributed by atoms with van der Waals surface area (Å²) in [5.41, 5.74) is 23.4. The molecule has 12 aromatic heterocycles. The number of rotatable bonds is 1. The molecule has 0 aliphatic carbocycles. The molecule has 0 spiro atoms. The summed E-state index contributed by atoms with van der Waals surface area (Å²) in [5.74, 6) is 4.80. The molecule has 0 saturated heterocycles. The van der Waals surface area contributed by atoms with Crippen molar-refractivity contribution in [2.75, 3.05) is 0 Å². The molecule has 424 valence electrons. The van der Waals surface area contributed by atoms with Gasteiger partial charge in [0.05, 0.1) is 110 Å². The Morgan fingerprint density at radius 3 is 1.24 bits per heavy atom. The highest BCUT2D eigenvalue weighted by atomic mass is 16.4. The van der Waals surface area contributed by atoms with Gasteiger partial charge in [-0.2, -0.15) is 4.57 Å². The first-order valence-electron chi connectivity index (χ1n) is 31.2. The number of fused-ring (bicyclic) bond motifs is 28. The molecule has 0 saturated carbocycles. The normalized spacial score (nSPS) is 13.6. The summed E-state index contributed by atoms with van der Waals surface area (Å²) in [6.07, 6.45) is 7.15. The number of hydrogen-bond acceptors (Lipinski definition) is 5. The maximum Gasteiger partial charge on any atom is 0.341 e. The van der Waals surface area contributed by atoms with Crippen LogP contribution in [0.3, 0.4) is 0 Å². The fourth-order valence-electron chi connectivity index (χ4n) is 15.1. The van der Waals surface area contributed by atoms with E-state index in [2.05, 4.69) is 222 Å². The fraction of sp³-hybridized carbons (Fsp3) is 0.139. The summed E-state index contributed by atoms with van der Waals surface area (Å²) in [4.78, 5) is 17.9. The zero-order valence-corrected chi connectivity index (χ0v) is 49.0. The van der Waals surface area contributed by atoms with E-state index in [1.54, 1.807) is 12.4 Å². The number of nitrogens with zero attached hydrogens (tertiary/aromatic N) is 15. The molecule has 21 rings (SSSR count). The molecule has 4 aliphatic rings. The van der Waals surface area contributed by atoms with E-state index in [1.165, 1.54) is 94.1 Å². The lowest BCUT2D eigenvalue weighted by molar-refractivity contribution is -0.652. The predicted octanol–water partition coefficient (Wildman–Crippen LogP) is 11.2. The maximum absolute atomic E-state index is 8.02. The van der Waals surface area contributed by atoms with Crippen molar-refractivity contribution < 1.29 is 26.8 Å². The Morgan fingerprint density at radius 2 is 0.727 bits per heavy atom. The van der Waals surface area contributed by atoms with Crippen molar-refractivity contribution >= 4 is 88.9 Å². The van der Waals surface area contributed by atoms with Gasteiger partial charge in [0, 0.05) is 47.0 Å². The van der Waals surface area contributed by atoms with Crippen LogP contribution in [0.4, 0.5) is 0 Å². The Hall–Kier alpha value is -11.3. The van der Waals surface area contributed by atoms with Crippen molar-refractivity contribution in [1.29, 1.82) is 0 Å². The lowest BCUT2D eigenvalue weighted by Gasteiger charge is -2.02. The molecule has 0 unspecified atom stereocenters. The van der Waals surface area contributed by atoms with E-state index in [-0.39, 0.29) is 0 Å². The van der Waals surface area contributed by atoms with Crippen molar-refractivity contribution in [2.45, 2.75) is 26.2 Å². The van der Waals surface area contributed by atoms with Gasteiger partial charge in [-0.1, -0.05) is 91.0 Å². The fourth-order valence-corrected chi connectivity index (χ4v) is 15.1. The van der Waals surface area contributed by atoms with E-state index in [4.69, 9.17) is 13.5 Å². The Balaban J connectivity index is 0.0000000904. The van der Waals surface area contributed by atoms with Crippen LogP contribution in [-0.4, -0.2) is 51.9 Å². The van der Waals surface area contributed by atoms with E-state index < -0.39 is 6.98 Å². The number of aryl methyl sites for hydroxylation is 6. The summed E-state index contributed by atoms with van der Waals surface area (Å²) in [6.45, 7) is 1.09. The highest BCUT2D eigenvalue weighted by molar-refractivity contribution is 6.06. The van der Waals surface area contributed by atoms with Gasteiger partial charge in [0.25, 0.3) is 22.8 Å². The van der Waals surface area contributed by atoms with Gasteiger partial charge < -0.3 is 4.42 Å². The third-order valence-corrected chi connectivity index (χ3v) is 18.7. The predicted molar refractivity (Wildman–Crippen MR) is 341 cm³/mol. The largest absolute Gasteiger partial charge is 0.400 e. The van der Waals surface area contributed by atoms with Crippen molar-refractivity contribution in [3.05, 3.63) is 223 Å². The summed E-state index contributed by atoms with van der Waals surface area (Å²) < 4.78 is 54.0. The average Bonchev–Trinajstić information content (AvgIpc) is 1.57. The van der Waals surface area contributed by atoms with E-state index in [1.807, 2.05) is 61.9 Å². The lowest BCUT2D eigenvalue weighted by Crippen LogP contribution is -2.33. The second kappa shape index (κ2) is 18.6. The van der Waals surface area contributed by atoms with Gasteiger partial charge in [0.15, 0.2) is 16.6 Å². The summed E-state index contributed by atoms with van der Waals surface area (Å²) in [6, 6.07) is 60.8. The first kappa shape index (κ1) is 47.0. The first-order valence-corrected chi connectivity index (χ1v) is 29.7. The number of hydrogen-bond donors (Lipinski definition) is 0. The van der Waals surface area contributed by atoms with Crippen LogP contribution in [0.5, 0.6) is 0 Å². The molecule has 0 radical (unpaired) electrons. The molecule has 0 amide bonds. The van der Waals surface area contributed by atoms with E-state index in [0.717, 1.165) is 75.5 Å². The highest BCUT2D eigenvalue weighted by Crippen LogP contribution is 2.40. The first-order chi connectivity index (χ1) is 44.4. The van der Waals surface area contributed by atoms with Crippen molar-refractivity contribution in [3.63, 3.8) is 0 Å². The number of imidazole rings is 4. The molecule has 0 fully saturated rings. The molecule has 16 heteroatoms. The Bertz CT molecular complexity index is 5920. The van der Waals surface area contributed by atoms with Gasteiger partial charge in [-0.25, -0.2) is 51.9 Å². The Labute approximate surface area is 508 Å². The standard InChI is InChI=1S/C22H17N4.2C17H15N4.C16H12N3O/c1-24-19-18-12-7-13-23-20(18)26(16-9-3-2-4-10-16)22(19)25-14-15-8-5-6-11-17(15)21(24)25;2*1-19-14-13-8-5-9-18-15(13)20(2)17(14)21-10-11-6-3-4-7-12(11)16(19)21;1-18-13-12-7-4-8-17-14(12)20-16(13)19-9-10-5-2-3-6-11(10)15(18)19/h2-13H,14H2,1H3;2*3-9H,10H2,1-2H3;2-8H,9H2,1H3/q4*+1/i;2D3;;. The van der Waals surface area contributed by atoms with E-state index in [0.29, 0.717) is 23.6 Å². The smallest absolute Gasteiger partial charge is 0.341 e. The second-order valence-electron chi connectivity index (χ2n) is 23.3. The molecule has 16 nitrogen and oxygen atoms in total. The van der Waals surface area contributed by atoms with Crippen LogP contribution in [0.1, 0.15) is 26.4 Å². The molecule has 0 N–H and O–H groups in total. The highest BCUT2D eigenvalue weighted by Gasteiger charge is 2.40.